The lowest BCUT2D eigenvalue weighted by Gasteiger charge is -2.58. The first-order valence-electron chi connectivity index (χ1n) is 11.0. The number of aldehydes is 1. The molecule has 0 aromatic heterocycles. The summed E-state index contributed by atoms with van der Waals surface area (Å²) in [5, 5.41) is 0. The highest BCUT2D eigenvalue weighted by molar-refractivity contribution is 5.85. The summed E-state index contributed by atoms with van der Waals surface area (Å²) in [5.41, 5.74) is 2.23. The highest BCUT2D eigenvalue weighted by Crippen LogP contribution is 2.66. The lowest BCUT2D eigenvalue weighted by molar-refractivity contribution is -0.125. The summed E-state index contributed by atoms with van der Waals surface area (Å²) >= 11 is 0. The molecule has 0 aliphatic heterocycles. The van der Waals surface area contributed by atoms with Gasteiger partial charge in [-0.2, -0.15) is 0 Å². The number of hydrogen-bond acceptors (Lipinski definition) is 2. The molecule has 144 valence electrons. The fraction of sp³-hybridized carbons (Fsp3) is 0.833. The van der Waals surface area contributed by atoms with Gasteiger partial charge in [0.15, 0.2) is 0 Å². The lowest BCUT2D eigenvalue weighted by atomic mass is 9.46. The SMILES string of the molecule is C[C@H]1CC[C@@]2(C)C(=CC[C@H]3[C@@H]4CC(=O)[C@H]([C@H](C)CC=O)[C@@]4(C)CC[C@@H]32)C1. The molecule has 4 aliphatic rings. The predicted octanol–water partition coefficient (Wildman–Crippen LogP) is 5.61. The minimum absolute atomic E-state index is 0.100. The maximum atomic E-state index is 13.0. The molecule has 0 saturated heterocycles. The third kappa shape index (κ3) is 2.50. The van der Waals surface area contributed by atoms with E-state index in [9.17, 15) is 9.59 Å². The first-order valence-corrected chi connectivity index (χ1v) is 11.0. The van der Waals surface area contributed by atoms with Crippen molar-refractivity contribution in [2.45, 2.75) is 79.1 Å². The first-order chi connectivity index (χ1) is 12.3. The maximum absolute atomic E-state index is 13.0. The smallest absolute Gasteiger partial charge is 0.137 e. The zero-order valence-corrected chi connectivity index (χ0v) is 17.1. The van der Waals surface area contributed by atoms with E-state index in [1.54, 1.807) is 5.57 Å². The van der Waals surface area contributed by atoms with E-state index in [1.165, 1.54) is 38.5 Å². The van der Waals surface area contributed by atoms with Crippen molar-refractivity contribution in [3.63, 3.8) is 0 Å². The molecule has 3 fully saturated rings. The molecule has 0 heterocycles. The number of carbonyl (C=O) groups is 2. The summed E-state index contributed by atoms with van der Waals surface area (Å²) in [4.78, 5) is 24.1. The van der Waals surface area contributed by atoms with Gasteiger partial charge in [-0.05, 0) is 78.9 Å². The number of hydrogen-bond donors (Lipinski definition) is 0. The average Bonchev–Trinajstić information content (AvgIpc) is 2.86. The summed E-state index contributed by atoms with van der Waals surface area (Å²) in [5.74, 6) is 3.55. The molecule has 3 saturated carbocycles. The monoisotopic (exact) mass is 356 g/mol. The molecule has 26 heavy (non-hydrogen) atoms. The molecule has 0 spiro atoms. The van der Waals surface area contributed by atoms with Crippen molar-refractivity contribution >= 4 is 12.1 Å². The van der Waals surface area contributed by atoms with Gasteiger partial charge in [0.05, 0.1) is 0 Å². The minimum atomic E-state index is 0.100. The Hall–Kier alpha value is -0.920. The van der Waals surface area contributed by atoms with Crippen LogP contribution in [0.1, 0.15) is 79.1 Å². The lowest BCUT2D eigenvalue weighted by Crippen LogP contribution is -2.50. The molecule has 2 heteroatoms. The standard InChI is InChI=1S/C24H36O2/c1-15-7-10-23(3)17(13-15)5-6-18-19(23)8-11-24(4)20(18)14-21(26)22(24)16(2)9-12-25/h5,12,15-16,18-20,22H,6-11,13-14H2,1-4H3/t15-,16+,18+,19-,20-,22-,23-,24-/m0/s1. The van der Waals surface area contributed by atoms with E-state index in [1.807, 2.05) is 0 Å². The van der Waals surface area contributed by atoms with Crippen LogP contribution in [0.2, 0.25) is 0 Å². The van der Waals surface area contributed by atoms with Crippen LogP contribution in [0.15, 0.2) is 11.6 Å². The van der Waals surface area contributed by atoms with Crippen molar-refractivity contribution in [3.8, 4) is 0 Å². The third-order valence-electron chi connectivity index (χ3n) is 9.30. The summed E-state index contributed by atoms with van der Waals surface area (Å²) < 4.78 is 0. The summed E-state index contributed by atoms with van der Waals surface area (Å²) in [7, 11) is 0. The Morgan fingerprint density at radius 2 is 1.96 bits per heavy atom. The number of Topliss-reactive ketones (excluding diaryl/α,β-unsaturated/α-hetero) is 1. The van der Waals surface area contributed by atoms with E-state index in [2.05, 4.69) is 33.8 Å². The largest absolute Gasteiger partial charge is 0.303 e. The van der Waals surface area contributed by atoms with Crippen molar-refractivity contribution in [3.05, 3.63) is 11.6 Å². The van der Waals surface area contributed by atoms with E-state index in [-0.39, 0.29) is 17.3 Å². The Kier molecular flexibility index (Phi) is 4.48. The Bertz CT molecular complexity index is 634. The molecule has 0 aromatic carbocycles. The van der Waals surface area contributed by atoms with Crippen LogP contribution in [0.5, 0.6) is 0 Å². The van der Waals surface area contributed by atoms with Gasteiger partial charge in [-0.15, -0.1) is 0 Å². The highest BCUT2D eigenvalue weighted by Gasteiger charge is 2.61. The van der Waals surface area contributed by atoms with Crippen LogP contribution in [-0.4, -0.2) is 12.1 Å². The molecule has 2 nitrogen and oxygen atoms in total. The van der Waals surface area contributed by atoms with Crippen LogP contribution in [0.4, 0.5) is 0 Å². The van der Waals surface area contributed by atoms with E-state index < -0.39 is 0 Å². The fourth-order valence-electron chi connectivity index (χ4n) is 7.93. The van der Waals surface area contributed by atoms with Gasteiger partial charge in [-0.3, -0.25) is 4.79 Å². The molecule has 0 unspecified atom stereocenters. The van der Waals surface area contributed by atoms with Gasteiger partial charge in [0.1, 0.15) is 12.1 Å². The number of fused-ring (bicyclic) bond motifs is 5. The zero-order chi connectivity index (χ0) is 18.7. The molecule has 4 aliphatic carbocycles. The quantitative estimate of drug-likeness (QED) is 0.487. The van der Waals surface area contributed by atoms with Crippen LogP contribution in [0, 0.1) is 46.3 Å². The van der Waals surface area contributed by atoms with Crippen LogP contribution in [0.25, 0.3) is 0 Å². The van der Waals surface area contributed by atoms with Crippen LogP contribution < -0.4 is 0 Å². The van der Waals surface area contributed by atoms with Gasteiger partial charge in [-0.25, -0.2) is 0 Å². The van der Waals surface area contributed by atoms with E-state index in [0.717, 1.165) is 24.5 Å². The van der Waals surface area contributed by atoms with Gasteiger partial charge >= 0.3 is 0 Å². The van der Waals surface area contributed by atoms with Gasteiger partial charge in [0.2, 0.25) is 0 Å². The van der Waals surface area contributed by atoms with Crippen molar-refractivity contribution in [2.24, 2.45) is 46.3 Å². The zero-order valence-electron chi connectivity index (χ0n) is 17.1. The summed E-state index contributed by atoms with van der Waals surface area (Å²) in [6.07, 6.45) is 12.5. The Balaban J connectivity index is 1.65. The Morgan fingerprint density at radius 3 is 2.69 bits per heavy atom. The van der Waals surface area contributed by atoms with Crippen LogP contribution in [-0.2, 0) is 9.59 Å². The van der Waals surface area contributed by atoms with Gasteiger partial charge in [-0.1, -0.05) is 39.3 Å². The normalized spacial score (nSPS) is 48.8. The maximum Gasteiger partial charge on any atom is 0.137 e. The second-order valence-electron chi connectivity index (χ2n) is 10.7. The van der Waals surface area contributed by atoms with Crippen molar-refractivity contribution in [1.82, 2.24) is 0 Å². The fourth-order valence-corrected chi connectivity index (χ4v) is 7.93. The molecule has 4 rings (SSSR count). The van der Waals surface area contributed by atoms with Crippen LogP contribution >= 0.6 is 0 Å². The third-order valence-corrected chi connectivity index (χ3v) is 9.30. The predicted molar refractivity (Wildman–Crippen MR) is 105 cm³/mol. The molecule has 0 bridgehead atoms. The van der Waals surface area contributed by atoms with E-state index in [4.69, 9.17) is 0 Å². The van der Waals surface area contributed by atoms with E-state index in [0.29, 0.717) is 29.5 Å². The molecule has 0 aromatic rings. The van der Waals surface area contributed by atoms with Crippen molar-refractivity contribution in [1.29, 1.82) is 0 Å². The van der Waals surface area contributed by atoms with Gasteiger partial charge < -0.3 is 4.79 Å². The minimum Gasteiger partial charge on any atom is -0.303 e. The number of allylic oxidation sites excluding steroid dienone is 2. The Labute approximate surface area is 159 Å². The molecule has 0 radical (unpaired) electrons. The Morgan fingerprint density at radius 1 is 1.19 bits per heavy atom. The van der Waals surface area contributed by atoms with Gasteiger partial charge in [0, 0.05) is 18.8 Å². The second kappa shape index (κ2) is 6.31. The number of rotatable bonds is 3. The highest BCUT2D eigenvalue weighted by atomic mass is 16.1. The number of ketones is 1. The summed E-state index contributed by atoms with van der Waals surface area (Å²) in [6.45, 7) is 9.45. The molecule has 0 N–H and O–H groups in total. The topological polar surface area (TPSA) is 34.1 Å². The van der Waals surface area contributed by atoms with Crippen LogP contribution in [0.3, 0.4) is 0 Å². The molecule has 0 amide bonds. The van der Waals surface area contributed by atoms with Gasteiger partial charge in [0.25, 0.3) is 0 Å². The van der Waals surface area contributed by atoms with Crippen molar-refractivity contribution in [2.75, 3.05) is 0 Å². The average molecular weight is 357 g/mol. The number of carbonyl (C=O) groups excluding carboxylic acids is 2. The molecular weight excluding hydrogens is 320 g/mol. The first kappa shape index (κ1) is 18.4. The second-order valence-corrected chi connectivity index (χ2v) is 10.7. The van der Waals surface area contributed by atoms with Crippen molar-refractivity contribution < 1.29 is 9.59 Å². The van der Waals surface area contributed by atoms with E-state index >= 15 is 0 Å². The molecular formula is C24H36O2. The summed E-state index contributed by atoms with van der Waals surface area (Å²) in [6, 6.07) is 0. The molecule has 8 atom stereocenters.